The highest BCUT2D eigenvalue weighted by Crippen LogP contribution is 2.12. The van der Waals surface area contributed by atoms with Gasteiger partial charge in [-0.2, -0.15) is 0 Å². The zero-order chi connectivity index (χ0) is 13.8. The summed E-state index contributed by atoms with van der Waals surface area (Å²) in [4.78, 5) is 4.08. The molecule has 0 fully saturated rings. The van der Waals surface area contributed by atoms with Crippen LogP contribution in [0.5, 0.6) is 0 Å². The first kappa shape index (κ1) is 15.1. The van der Waals surface area contributed by atoms with E-state index in [4.69, 9.17) is 0 Å². The van der Waals surface area contributed by atoms with Crippen molar-refractivity contribution in [3.05, 3.63) is 18.3 Å². The monoisotopic (exact) mass is 291 g/mol. The van der Waals surface area contributed by atoms with Crippen molar-refractivity contribution in [2.75, 3.05) is 24.4 Å². The van der Waals surface area contributed by atoms with Crippen molar-refractivity contribution in [2.45, 2.75) is 17.9 Å². The summed E-state index contributed by atoms with van der Waals surface area (Å²) in [6.07, 6.45) is 2.96. The van der Waals surface area contributed by atoms with Crippen LogP contribution >= 0.6 is 0 Å². The minimum atomic E-state index is -3.60. The van der Waals surface area contributed by atoms with E-state index in [0.717, 1.165) is 0 Å². The van der Waals surface area contributed by atoms with Crippen LogP contribution in [0.4, 0.5) is 5.82 Å². The van der Waals surface area contributed by atoms with E-state index >= 15 is 0 Å². The summed E-state index contributed by atoms with van der Waals surface area (Å²) in [5, 5.41) is 2.77. The van der Waals surface area contributed by atoms with Crippen LogP contribution in [-0.4, -0.2) is 42.7 Å². The van der Waals surface area contributed by atoms with E-state index in [1.807, 2.05) is 0 Å². The first-order valence-electron chi connectivity index (χ1n) is 5.31. The summed E-state index contributed by atoms with van der Waals surface area (Å²) in [7, 11) is -2.98. The molecule has 0 saturated carbocycles. The molecule has 0 radical (unpaired) electrons. The van der Waals surface area contributed by atoms with Crippen molar-refractivity contribution >= 4 is 26.6 Å². The molecule has 18 heavy (non-hydrogen) atoms. The molecule has 1 aromatic rings. The lowest BCUT2D eigenvalue weighted by Crippen LogP contribution is -2.36. The third kappa shape index (κ3) is 4.35. The Bertz CT molecular complexity index is 531. The second-order valence-electron chi connectivity index (χ2n) is 3.89. The molecule has 1 aromatic heterocycles. The van der Waals surface area contributed by atoms with Crippen molar-refractivity contribution in [2.24, 2.45) is 0 Å². The lowest BCUT2D eigenvalue weighted by Gasteiger charge is -2.13. The summed E-state index contributed by atoms with van der Waals surface area (Å²) in [5.74, 6) is 0.757. The third-order valence-corrected chi connectivity index (χ3v) is 4.70. The number of nitrogens with zero attached hydrogens (tertiary/aromatic N) is 1. The van der Waals surface area contributed by atoms with Crippen LogP contribution in [0.1, 0.15) is 6.92 Å². The Morgan fingerprint density at radius 3 is 2.72 bits per heavy atom. The third-order valence-electron chi connectivity index (χ3n) is 2.14. The largest absolute Gasteiger partial charge is 0.373 e. The molecule has 102 valence electrons. The van der Waals surface area contributed by atoms with Crippen LogP contribution in [0.25, 0.3) is 0 Å². The summed E-state index contributed by atoms with van der Waals surface area (Å²) in [6, 6.07) is 2.48. The van der Waals surface area contributed by atoms with Crippen molar-refractivity contribution < 1.29 is 12.6 Å². The van der Waals surface area contributed by atoms with Crippen molar-refractivity contribution in [1.29, 1.82) is 0 Å². The molecule has 2 N–H and O–H groups in total. The SMILES string of the molecule is CNc1cc(S(=O)(=O)NC(C)CS(C)=O)ccn1. The maximum atomic E-state index is 12.0. The highest BCUT2D eigenvalue weighted by molar-refractivity contribution is 7.89. The van der Waals surface area contributed by atoms with Gasteiger partial charge in [0.1, 0.15) is 5.82 Å². The smallest absolute Gasteiger partial charge is 0.241 e. The van der Waals surface area contributed by atoms with Crippen LogP contribution in [0, 0.1) is 0 Å². The second kappa shape index (κ2) is 6.26. The van der Waals surface area contributed by atoms with Crippen LogP contribution in [0.3, 0.4) is 0 Å². The van der Waals surface area contributed by atoms with Gasteiger partial charge in [0.15, 0.2) is 0 Å². The molecule has 2 unspecified atom stereocenters. The van der Waals surface area contributed by atoms with Gasteiger partial charge in [0.25, 0.3) is 0 Å². The van der Waals surface area contributed by atoms with E-state index in [-0.39, 0.29) is 16.7 Å². The highest BCUT2D eigenvalue weighted by atomic mass is 32.2. The number of anilines is 1. The molecule has 0 spiro atoms. The number of rotatable bonds is 6. The van der Waals surface area contributed by atoms with Crippen LogP contribution in [-0.2, 0) is 20.8 Å². The van der Waals surface area contributed by atoms with E-state index < -0.39 is 20.8 Å². The van der Waals surface area contributed by atoms with Crippen LogP contribution in [0.15, 0.2) is 23.2 Å². The molecule has 2 atom stereocenters. The van der Waals surface area contributed by atoms with E-state index in [1.54, 1.807) is 14.0 Å². The van der Waals surface area contributed by atoms with E-state index in [9.17, 15) is 12.6 Å². The second-order valence-corrected chi connectivity index (χ2v) is 7.08. The average molecular weight is 291 g/mol. The van der Waals surface area contributed by atoms with Crippen molar-refractivity contribution in [1.82, 2.24) is 9.71 Å². The minimum absolute atomic E-state index is 0.135. The molecule has 0 aliphatic heterocycles. The fourth-order valence-corrected chi connectivity index (χ4v) is 3.58. The summed E-state index contributed by atoms with van der Waals surface area (Å²) < 4.78 is 37.6. The molecule has 8 heteroatoms. The Balaban J connectivity index is 2.88. The Morgan fingerprint density at radius 1 is 1.50 bits per heavy atom. The lowest BCUT2D eigenvalue weighted by molar-refractivity contribution is 0.570. The van der Waals surface area contributed by atoms with Crippen molar-refractivity contribution in [3.63, 3.8) is 0 Å². The fourth-order valence-electron chi connectivity index (χ4n) is 1.43. The van der Waals surface area contributed by atoms with Gasteiger partial charge in [-0.15, -0.1) is 0 Å². The van der Waals surface area contributed by atoms with Crippen LogP contribution < -0.4 is 10.0 Å². The van der Waals surface area contributed by atoms with Gasteiger partial charge in [0.2, 0.25) is 10.0 Å². The first-order chi connectivity index (χ1) is 8.35. The maximum Gasteiger partial charge on any atom is 0.241 e. The number of hydrogen-bond acceptors (Lipinski definition) is 5. The zero-order valence-electron chi connectivity index (χ0n) is 10.5. The van der Waals surface area contributed by atoms with Crippen LogP contribution in [0.2, 0.25) is 0 Å². The molecule has 0 amide bonds. The minimum Gasteiger partial charge on any atom is -0.373 e. The lowest BCUT2D eigenvalue weighted by atomic mass is 10.4. The molecule has 0 aliphatic rings. The molecule has 0 saturated heterocycles. The topological polar surface area (TPSA) is 88.2 Å². The van der Waals surface area contributed by atoms with Gasteiger partial charge < -0.3 is 5.32 Å². The van der Waals surface area contributed by atoms with E-state index in [2.05, 4.69) is 15.0 Å². The Hall–Kier alpha value is -0.990. The summed E-state index contributed by atoms with van der Waals surface area (Å²) in [5.41, 5.74) is 0. The fraction of sp³-hybridized carbons (Fsp3) is 0.500. The molecule has 1 heterocycles. The predicted molar refractivity (Wildman–Crippen MR) is 72.5 cm³/mol. The van der Waals surface area contributed by atoms with Gasteiger partial charge in [0, 0.05) is 48.2 Å². The molecule has 1 rings (SSSR count). The van der Waals surface area contributed by atoms with Gasteiger partial charge >= 0.3 is 0 Å². The number of nitrogens with one attached hydrogen (secondary N) is 2. The van der Waals surface area contributed by atoms with Crippen molar-refractivity contribution in [3.8, 4) is 0 Å². The summed E-state index contributed by atoms with van der Waals surface area (Å²) >= 11 is 0. The molecule has 6 nitrogen and oxygen atoms in total. The Kier molecular flexibility index (Phi) is 5.24. The first-order valence-corrected chi connectivity index (χ1v) is 8.52. The number of hydrogen-bond donors (Lipinski definition) is 2. The summed E-state index contributed by atoms with van der Waals surface area (Å²) in [6.45, 7) is 1.68. The molecular formula is C10H17N3O3S2. The molecule has 0 aromatic carbocycles. The average Bonchev–Trinajstić information content (AvgIpc) is 2.27. The van der Waals surface area contributed by atoms with Gasteiger partial charge in [-0.3, -0.25) is 4.21 Å². The predicted octanol–water partition coefficient (Wildman–Crippen LogP) is 0.169. The van der Waals surface area contributed by atoms with E-state index in [1.165, 1.54) is 24.6 Å². The maximum absolute atomic E-state index is 12.0. The zero-order valence-corrected chi connectivity index (χ0v) is 12.1. The Labute approximate surface area is 110 Å². The van der Waals surface area contributed by atoms with Gasteiger partial charge in [-0.05, 0) is 13.0 Å². The molecular weight excluding hydrogens is 274 g/mol. The molecule has 0 bridgehead atoms. The number of sulfonamides is 1. The van der Waals surface area contributed by atoms with Gasteiger partial charge in [0.05, 0.1) is 4.90 Å². The van der Waals surface area contributed by atoms with E-state index in [0.29, 0.717) is 5.82 Å². The molecule has 0 aliphatic carbocycles. The normalized spacial score (nSPS) is 15.1. The number of pyridine rings is 1. The highest BCUT2D eigenvalue weighted by Gasteiger charge is 2.18. The number of aromatic nitrogens is 1. The Morgan fingerprint density at radius 2 is 2.17 bits per heavy atom. The van der Waals surface area contributed by atoms with Gasteiger partial charge in [-0.1, -0.05) is 0 Å². The quantitative estimate of drug-likeness (QED) is 0.780. The van der Waals surface area contributed by atoms with Gasteiger partial charge in [-0.25, -0.2) is 18.1 Å². The standard InChI is InChI=1S/C10H17N3O3S2/c1-8(7-17(3)14)13-18(15,16)9-4-5-12-10(6-9)11-2/h4-6,8,13H,7H2,1-3H3,(H,11,12).